The molecule has 1 unspecified atom stereocenters. The van der Waals surface area contributed by atoms with Crippen molar-refractivity contribution in [3.63, 3.8) is 0 Å². The summed E-state index contributed by atoms with van der Waals surface area (Å²) in [6.45, 7) is 10.7. The highest BCUT2D eigenvalue weighted by Crippen LogP contribution is 2.26. The number of aryl methyl sites for hydroxylation is 2. The van der Waals surface area contributed by atoms with E-state index in [4.69, 9.17) is 9.97 Å². The number of hydrogen-bond acceptors (Lipinski definition) is 4. The molecule has 0 aromatic carbocycles. The summed E-state index contributed by atoms with van der Waals surface area (Å²) in [5, 5.41) is 5.54. The molecule has 2 rings (SSSR count). The lowest BCUT2D eigenvalue weighted by Crippen LogP contribution is -2.22. The van der Waals surface area contributed by atoms with Gasteiger partial charge in [0.05, 0.1) is 4.88 Å². The van der Waals surface area contributed by atoms with Gasteiger partial charge in [0.1, 0.15) is 0 Å². The van der Waals surface area contributed by atoms with Gasteiger partial charge in [-0.3, -0.25) is 0 Å². The minimum absolute atomic E-state index is 0.443. The Bertz CT molecular complexity index is 526. The summed E-state index contributed by atoms with van der Waals surface area (Å²) in [5.41, 5.74) is 3.49. The van der Waals surface area contributed by atoms with E-state index in [1.165, 1.54) is 12.0 Å². The van der Waals surface area contributed by atoms with Gasteiger partial charge in [0.2, 0.25) is 0 Å². The number of nitrogens with zero attached hydrogens (tertiary/aromatic N) is 2. The first-order valence-electron chi connectivity index (χ1n) is 7.23. The Labute approximate surface area is 125 Å². The molecule has 1 atom stereocenters. The van der Waals surface area contributed by atoms with Crippen LogP contribution in [0.5, 0.6) is 0 Å². The quantitative estimate of drug-likeness (QED) is 0.819. The first-order valence-corrected chi connectivity index (χ1v) is 8.11. The van der Waals surface area contributed by atoms with Crippen molar-refractivity contribution in [1.29, 1.82) is 0 Å². The third-order valence-corrected chi connectivity index (χ3v) is 4.30. The summed E-state index contributed by atoms with van der Waals surface area (Å²) in [6.07, 6.45) is 1.17. The van der Waals surface area contributed by atoms with E-state index in [0.717, 1.165) is 35.2 Å². The van der Waals surface area contributed by atoms with Gasteiger partial charge in [-0.2, -0.15) is 0 Å². The van der Waals surface area contributed by atoms with Crippen LogP contribution in [-0.2, 0) is 0 Å². The van der Waals surface area contributed by atoms with Gasteiger partial charge in [-0.25, -0.2) is 9.97 Å². The maximum Gasteiger partial charge on any atom is 0.169 e. The summed E-state index contributed by atoms with van der Waals surface area (Å²) >= 11 is 1.69. The van der Waals surface area contributed by atoms with Crippen LogP contribution >= 0.6 is 11.3 Å². The predicted molar refractivity (Wildman–Crippen MR) is 86.4 cm³/mol. The van der Waals surface area contributed by atoms with Crippen molar-refractivity contribution in [3.8, 4) is 10.7 Å². The van der Waals surface area contributed by atoms with Crippen molar-refractivity contribution in [2.24, 2.45) is 0 Å². The summed E-state index contributed by atoms with van der Waals surface area (Å²) in [7, 11) is 0. The molecule has 3 nitrogen and oxygen atoms in total. The van der Waals surface area contributed by atoms with E-state index in [0.29, 0.717) is 5.92 Å². The van der Waals surface area contributed by atoms with E-state index >= 15 is 0 Å². The van der Waals surface area contributed by atoms with Gasteiger partial charge in [-0.15, -0.1) is 11.3 Å². The predicted octanol–water partition coefficient (Wildman–Crippen LogP) is 3.93. The molecule has 0 aliphatic rings. The SMILES string of the molecule is CCCNCC(C)c1c(C)nc(-c2cccs2)nc1C. The summed E-state index contributed by atoms with van der Waals surface area (Å²) in [5.74, 6) is 1.30. The Morgan fingerprint density at radius 2 is 1.95 bits per heavy atom. The van der Waals surface area contributed by atoms with E-state index in [9.17, 15) is 0 Å². The molecule has 4 heteroatoms. The van der Waals surface area contributed by atoms with Crippen molar-refractivity contribution < 1.29 is 0 Å². The third kappa shape index (κ3) is 3.44. The van der Waals surface area contributed by atoms with Gasteiger partial charge < -0.3 is 5.32 Å². The Balaban J connectivity index is 2.22. The Morgan fingerprint density at radius 3 is 2.50 bits per heavy atom. The second-order valence-corrected chi connectivity index (χ2v) is 6.16. The molecule has 0 spiro atoms. The monoisotopic (exact) mass is 289 g/mol. The van der Waals surface area contributed by atoms with E-state index in [1.807, 2.05) is 6.07 Å². The van der Waals surface area contributed by atoms with E-state index in [1.54, 1.807) is 11.3 Å². The smallest absolute Gasteiger partial charge is 0.169 e. The number of rotatable bonds is 6. The van der Waals surface area contributed by atoms with Crippen molar-refractivity contribution >= 4 is 11.3 Å². The van der Waals surface area contributed by atoms with Gasteiger partial charge >= 0.3 is 0 Å². The highest BCUT2D eigenvalue weighted by molar-refractivity contribution is 7.13. The topological polar surface area (TPSA) is 37.8 Å². The van der Waals surface area contributed by atoms with Crippen LogP contribution in [0, 0.1) is 13.8 Å². The number of nitrogens with one attached hydrogen (secondary N) is 1. The van der Waals surface area contributed by atoms with Crippen LogP contribution in [0.3, 0.4) is 0 Å². The Hall–Kier alpha value is -1.26. The van der Waals surface area contributed by atoms with Crippen LogP contribution in [0.15, 0.2) is 17.5 Å². The Morgan fingerprint density at radius 1 is 1.25 bits per heavy atom. The maximum absolute atomic E-state index is 4.70. The zero-order valence-corrected chi connectivity index (χ0v) is 13.5. The summed E-state index contributed by atoms with van der Waals surface area (Å²) in [6, 6.07) is 4.12. The van der Waals surface area contributed by atoms with Crippen molar-refractivity contribution in [3.05, 3.63) is 34.5 Å². The normalized spacial score (nSPS) is 12.6. The molecule has 0 fully saturated rings. The molecular formula is C16H23N3S. The fourth-order valence-corrected chi connectivity index (χ4v) is 3.21. The molecule has 0 radical (unpaired) electrons. The van der Waals surface area contributed by atoms with Gasteiger partial charge in [0, 0.05) is 17.9 Å². The lowest BCUT2D eigenvalue weighted by Gasteiger charge is -2.17. The minimum Gasteiger partial charge on any atom is -0.316 e. The number of aromatic nitrogens is 2. The zero-order valence-electron chi connectivity index (χ0n) is 12.7. The van der Waals surface area contributed by atoms with Gasteiger partial charge in [0.15, 0.2) is 5.82 Å². The standard InChI is InChI=1S/C16H23N3S/c1-5-8-17-10-11(2)15-12(3)18-16(19-13(15)4)14-7-6-9-20-14/h6-7,9,11,17H,5,8,10H2,1-4H3. The average Bonchev–Trinajstić information content (AvgIpc) is 2.92. The summed E-state index contributed by atoms with van der Waals surface area (Å²) < 4.78 is 0. The maximum atomic E-state index is 4.70. The molecule has 2 aromatic rings. The van der Waals surface area contributed by atoms with E-state index < -0.39 is 0 Å². The van der Waals surface area contributed by atoms with Crippen molar-refractivity contribution in [2.75, 3.05) is 13.1 Å². The van der Waals surface area contributed by atoms with Crippen molar-refractivity contribution in [1.82, 2.24) is 15.3 Å². The third-order valence-electron chi connectivity index (χ3n) is 3.44. The summed E-state index contributed by atoms with van der Waals surface area (Å²) in [4.78, 5) is 10.5. The van der Waals surface area contributed by atoms with Crippen LogP contribution < -0.4 is 5.32 Å². The molecule has 2 heterocycles. The van der Waals surface area contributed by atoms with Gasteiger partial charge in [-0.1, -0.05) is 19.9 Å². The van der Waals surface area contributed by atoms with Crippen LogP contribution in [0.4, 0.5) is 0 Å². The molecule has 2 aromatic heterocycles. The largest absolute Gasteiger partial charge is 0.316 e. The molecule has 0 amide bonds. The lowest BCUT2D eigenvalue weighted by atomic mass is 9.98. The molecule has 0 aliphatic heterocycles. The average molecular weight is 289 g/mol. The molecule has 0 saturated carbocycles. The molecule has 0 bridgehead atoms. The van der Waals surface area contributed by atoms with E-state index in [-0.39, 0.29) is 0 Å². The molecule has 20 heavy (non-hydrogen) atoms. The van der Waals surface area contributed by atoms with E-state index in [2.05, 4.69) is 44.5 Å². The molecular weight excluding hydrogens is 266 g/mol. The van der Waals surface area contributed by atoms with Gasteiger partial charge in [-0.05, 0) is 49.7 Å². The lowest BCUT2D eigenvalue weighted by molar-refractivity contribution is 0.601. The fraction of sp³-hybridized carbons (Fsp3) is 0.500. The molecule has 1 N–H and O–H groups in total. The van der Waals surface area contributed by atoms with Crippen LogP contribution in [0.25, 0.3) is 10.7 Å². The second kappa shape index (κ2) is 6.95. The highest BCUT2D eigenvalue weighted by atomic mass is 32.1. The minimum atomic E-state index is 0.443. The van der Waals surface area contributed by atoms with Crippen LogP contribution in [0.1, 0.15) is 43.1 Å². The molecule has 108 valence electrons. The first kappa shape index (κ1) is 15.1. The molecule has 0 aliphatic carbocycles. The second-order valence-electron chi connectivity index (χ2n) is 5.21. The van der Waals surface area contributed by atoms with Crippen molar-refractivity contribution in [2.45, 2.75) is 40.0 Å². The number of thiophene rings is 1. The van der Waals surface area contributed by atoms with Crippen LogP contribution in [0.2, 0.25) is 0 Å². The first-order chi connectivity index (χ1) is 9.63. The molecule has 0 saturated heterocycles. The van der Waals surface area contributed by atoms with Gasteiger partial charge in [0.25, 0.3) is 0 Å². The fourth-order valence-electron chi connectivity index (χ4n) is 2.55. The van der Waals surface area contributed by atoms with Crippen LogP contribution in [-0.4, -0.2) is 23.1 Å². The number of hydrogen-bond donors (Lipinski definition) is 1. The Kier molecular flexibility index (Phi) is 5.26. The zero-order chi connectivity index (χ0) is 14.5. The highest BCUT2D eigenvalue weighted by Gasteiger charge is 2.15.